The molecule has 5 rings (SSSR count). The molecule has 1 amide bonds. The smallest absolute Gasteiger partial charge is 0.348 e. The molecule has 0 spiro atoms. The van der Waals surface area contributed by atoms with Gasteiger partial charge >= 0.3 is 11.9 Å². The van der Waals surface area contributed by atoms with E-state index in [9.17, 15) is 14.4 Å². The lowest BCUT2D eigenvalue weighted by atomic mass is 9.49. The Hall–Kier alpha value is -1.89. The summed E-state index contributed by atoms with van der Waals surface area (Å²) in [7, 11) is 1.30. The van der Waals surface area contributed by atoms with E-state index >= 15 is 0 Å². The molecule has 4 aliphatic rings. The minimum Gasteiger partial charge on any atom is -0.465 e. The molecule has 0 unspecified atom stereocenters. The summed E-state index contributed by atoms with van der Waals surface area (Å²) >= 11 is 1.10. The molecule has 28 heavy (non-hydrogen) atoms. The minimum atomic E-state index is -0.521. The van der Waals surface area contributed by atoms with Crippen molar-refractivity contribution in [2.24, 2.45) is 23.2 Å². The number of carbonyl (C=O) groups excluding carboxylic acids is 3. The molecule has 0 radical (unpaired) electrons. The van der Waals surface area contributed by atoms with E-state index in [4.69, 9.17) is 9.47 Å². The van der Waals surface area contributed by atoms with E-state index in [0.29, 0.717) is 33.2 Å². The first kappa shape index (κ1) is 19.4. The molecule has 1 aromatic heterocycles. The van der Waals surface area contributed by atoms with Gasteiger partial charge in [-0.05, 0) is 75.7 Å². The van der Waals surface area contributed by atoms with Crippen LogP contribution in [0.3, 0.4) is 0 Å². The average Bonchev–Trinajstić information content (AvgIpc) is 2.96. The Labute approximate surface area is 169 Å². The Morgan fingerprint density at radius 3 is 2.14 bits per heavy atom. The minimum absolute atomic E-state index is 0.00480. The van der Waals surface area contributed by atoms with Gasteiger partial charge in [0.25, 0.3) is 0 Å². The van der Waals surface area contributed by atoms with Gasteiger partial charge in [0.2, 0.25) is 5.91 Å². The molecule has 1 heterocycles. The first-order valence-electron chi connectivity index (χ1n) is 10.1. The van der Waals surface area contributed by atoms with Crippen molar-refractivity contribution >= 4 is 34.2 Å². The van der Waals surface area contributed by atoms with Gasteiger partial charge in [-0.2, -0.15) is 0 Å². The average molecular weight is 406 g/mol. The Morgan fingerprint density at radius 2 is 1.64 bits per heavy atom. The molecule has 4 saturated carbocycles. The third-order valence-electron chi connectivity index (χ3n) is 6.74. The largest absolute Gasteiger partial charge is 0.465 e. The molecule has 0 aliphatic heterocycles. The van der Waals surface area contributed by atoms with Crippen LogP contribution in [0.15, 0.2) is 0 Å². The zero-order valence-corrected chi connectivity index (χ0v) is 17.4. The predicted octanol–water partition coefficient (Wildman–Crippen LogP) is 4.17. The fourth-order valence-electron chi connectivity index (χ4n) is 5.96. The highest BCUT2D eigenvalue weighted by molar-refractivity contribution is 7.18. The van der Waals surface area contributed by atoms with Crippen LogP contribution in [0.5, 0.6) is 0 Å². The molecule has 4 fully saturated rings. The van der Waals surface area contributed by atoms with E-state index < -0.39 is 11.9 Å². The van der Waals surface area contributed by atoms with Crippen molar-refractivity contribution in [2.75, 3.05) is 19.0 Å². The molecule has 0 saturated heterocycles. The van der Waals surface area contributed by atoms with E-state index in [-0.39, 0.29) is 23.5 Å². The van der Waals surface area contributed by atoms with Crippen LogP contribution in [0.2, 0.25) is 0 Å². The maximum absolute atomic E-state index is 13.4. The number of rotatable bonds is 5. The monoisotopic (exact) mass is 405 g/mol. The number of hydrogen-bond acceptors (Lipinski definition) is 6. The molecular weight excluding hydrogens is 378 g/mol. The molecule has 4 bridgehead atoms. The first-order valence-corrected chi connectivity index (χ1v) is 10.9. The highest BCUT2D eigenvalue weighted by atomic mass is 32.1. The number of carbonyl (C=O) groups is 3. The SMILES string of the molecule is CCOC(=O)c1c(NC(=O)C23CC4CC(CC(C4)C2)C3)sc(C(=O)OC)c1C. The number of methoxy groups -OCH3 is 1. The lowest BCUT2D eigenvalue weighted by molar-refractivity contribution is -0.140. The first-order chi connectivity index (χ1) is 13.4. The second-order valence-electron chi connectivity index (χ2n) is 8.62. The van der Waals surface area contributed by atoms with Crippen LogP contribution in [0.25, 0.3) is 0 Å². The summed E-state index contributed by atoms with van der Waals surface area (Å²) in [5.41, 5.74) is 0.436. The summed E-state index contributed by atoms with van der Waals surface area (Å²) in [5.74, 6) is 0.914. The van der Waals surface area contributed by atoms with Gasteiger partial charge in [-0.25, -0.2) is 9.59 Å². The van der Waals surface area contributed by atoms with E-state index in [1.54, 1.807) is 13.8 Å². The third-order valence-corrected chi connectivity index (χ3v) is 7.93. The summed E-state index contributed by atoms with van der Waals surface area (Å²) in [6.45, 7) is 3.65. The van der Waals surface area contributed by atoms with Crippen molar-refractivity contribution in [2.45, 2.75) is 52.4 Å². The molecule has 6 nitrogen and oxygen atoms in total. The van der Waals surface area contributed by atoms with Crippen LogP contribution in [0, 0.1) is 30.1 Å². The number of esters is 2. The van der Waals surface area contributed by atoms with E-state index in [2.05, 4.69) is 5.32 Å². The topological polar surface area (TPSA) is 81.7 Å². The highest BCUT2D eigenvalue weighted by Gasteiger charge is 2.54. The van der Waals surface area contributed by atoms with Crippen LogP contribution in [0.4, 0.5) is 5.00 Å². The zero-order chi connectivity index (χ0) is 20.1. The number of ether oxygens (including phenoxy) is 2. The summed E-state index contributed by atoms with van der Waals surface area (Å²) in [6, 6.07) is 0. The van der Waals surface area contributed by atoms with Crippen molar-refractivity contribution in [1.82, 2.24) is 0 Å². The number of amides is 1. The lowest BCUT2D eigenvalue weighted by Gasteiger charge is -2.55. The Morgan fingerprint density at radius 1 is 1.07 bits per heavy atom. The normalized spacial score (nSPS) is 30.2. The van der Waals surface area contributed by atoms with E-state index in [1.165, 1.54) is 26.4 Å². The highest BCUT2D eigenvalue weighted by Crippen LogP contribution is 2.60. The standard InChI is InChI=1S/C21H27NO5S/c1-4-27-18(23)15-11(2)16(19(24)26-3)28-17(15)22-20(25)21-8-12-5-13(9-21)7-14(6-12)10-21/h12-14H,4-10H2,1-3H3,(H,22,25). The number of hydrogen-bond donors (Lipinski definition) is 1. The third kappa shape index (κ3) is 3.13. The van der Waals surface area contributed by atoms with Crippen molar-refractivity contribution in [1.29, 1.82) is 0 Å². The molecule has 4 aliphatic carbocycles. The quantitative estimate of drug-likeness (QED) is 0.744. The Bertz CT molecular complexity index is 792. The molecule has 0 aromatic carbocycles. The summed E-state index contributed by atoms with van der Waals surface area (Å²) in [5, 5.41) is 3.42. The lowest BCUT2D eigenvalue weighted by Crippen LogP contribution is -2.51. The van der Waals surface area contributed by atoms with E-state index in [0.717, 1.165) is 30.6 Å². The van der Waals surface area contributed by atoms with Crippen molar-refractivity contribution in [3.63, 3.8) is 0 Å². The van der Waals surface area contributed by atoms with Gasteiger partial charge in [-0.3, -0.25) is 4.79 Å². The van der Waals surface area contributed by atoms with Crippen LogP contribution < -0.4 is 5.32 Å². The summed E-state index contributed by atoms with van der Waals surface area (Å²) in [6.07, 6.45) is 6.58. The van der Waals surface area contributed by atoms with Crippen molar-refractivity contribution < 1.29 is 23.9 Å². The van der Waals surface area contributed by atoms with E-state index in [1.807, 2.05) is 0 Å². The second kappa shape index (κ2) is 7.17. The number of anilines is 1. The molecule has 1 N–H and O–H groups in total. The number of nitrogens with one attached hydrogen (secondary N) is 1. The van der Waals surface area contributed by atoms with Gasteiger partial charge in [0, 0.05) is 0 Å². The van der Waals surface area contributed by atoms with Crippen LogP contribution >= 0.6 is 11.3 Å². The van der Waals surface area contributed by atoms with Gasteiger partial charge in [0.15, 0.2) is 0 Å². The molecule has 152 valence electrons. The predicted molar refractivity (Wildman–Crippen MR) is 106 cm³/mol. The van der Waals surface area contributed by atoms with Crippen molar-refractivity contribution in [3.05, 3.63) is 16.0 Å². The van der Waals surface area contributed by atoms with Gasteiger partial charge in [0.05, 0.1) is 24.7 Å². The van der Waals surface area contributed by atoms with Crippen LogP contribution in [0.1, 0.15) is 71.0 Å². The fraction of sp³-hybridized carbons (Fsp3) is 0.667. The molecular formula is C21H27NO5S. The summed E-state index contributed by atoms with van der Waals surface area (Å²) in [4.78, 5) is 38.3. The van der Waals surface area contributed by atoms with Crippen LogP contribution in [-0.2, 0) is 14.3 Å². The maximum atomic E-state index is 13.4. The summed E-state index contributed by atoms with van der Waals surface area (Å²) < 4.78 is 10.0. The van der Waals surface area contributed by atoms with Gasteiger partial charge in [0.1, 0.15) is 9.88 Å². The number of thiophene rings is 1. The second-order valence-corrected chi connectivity index (χ2v) is 9.64. The van der Waals surface area contributed by atoms with Gasteiger partial charge in [-0.1, -0.05) is 0 Å². The Balaban J connectivity index is 1.64. The molecule has 7 heteroatoms. The van der Waals surface area contributed by atoms with Gasteiger partial charge < -0.3 is 14.8 Å². The van der Waals surface area contributed by atoms with Gasteiger partial charge in [-0.15, -0.1) is 11.3 Å². The maximum Gasteiger partial charge on any atom is 0.348 e. The zero-order valence-electron chi connectivity index (χ0n) is 16.6. The molecule has 0 atom stereocenters. The Kier molecular flexibility index (Phi) is 4.98. The fourth-order valence-corrected chi connectivity index (χ4v) is 7.07. The molecule has 1 aromatic rings. The van der Waals surface area contributed by atoms with Crippen LogP contribution in [-0.4, -0.2) is 31.6 Å². The van der Waals surface area contributed by atoms with Crippen molar-refractivity contribution in [3.8, 4) is 0 Å².